The van der Waals surface area contributed by atoms with E-state index in [0.29, 0.717) is 32.6 Å². The molecule has 3 amide bonds. The molecule has 0 aromatic heterocycles. The van der Waals surface area contributed by atoms with E-state index in [-0.39, 0.29) is 30.6 Å². The van der Waals surface area contributed by atoms with Crippen molar-refractivity contribution >= 4 is 23.4 Å². The number of piperazine rings is 1. The van der Waals surface area contributed by atoms with Crippen LogP contribution in [0.5, 0.6) is 5.75 Å². The van der Waals surface area contributed by atoms with E-state index in [0.717, 1.165) is 11.4 Å². The van der Waals surface area contributed by atoms with Crippen molar-refractivity contribution in [1.82, 2.24) is 9.80 Å². The van der Waals surface area contributed by atoms with Gasteiger partial charge in [-0.1, -0.05) is 13.0 Å². The van der Waals surface area contributed by atoms with E-state index in [9.17, 15) is 14.4 Å². The Hall–Kier alpha value is -2.57. The average molecular weight is 359 g/mol. The second-order valence-electron chi connectivity index (χ2n) is 6.60. The molecule has 7 nitrogen and oxygen atoms in total. The number of hydrogen-bond donors (Lipinski definition) is 0. The van der Waals surface area contributed by atoms with Crippen molar-refractivity contribution in [3.8, 4) is 5.75 Å². The summed E-state index contributed by atoms with van der Waals surface area (Å²) in [6.45, 7) is 4.40. The Bertz CT molecular complexity index is 682. The van der Waals surface area contributed by atoms with Crippen molar-refractivity contribution in [2.24, 2.45) is 0 Å². The predicted molar refractivity (Wildman–Crippen MR) is 97.0 cm³/mol. The molecule has 2 saturated heterocycles. The van der Waals surface area contributed by atoms with Gasteiger partial charge in [0.1, 0.15) is 11.8 Å². The summed E-state index contributed by atoms with van der Waals surface area (Å²) < 4.78 is 5.27. The zero-order valence-corrected chi connectivity index (χ0v) is 15.3. The number of nitrogens with zero attached hydrogens (tertiary/aromatic N) is 3. The Labute approximate surface area is 153 Å². The van der Waals surface area contributed by atoms with Crippen LogP contribution in [0.4, 0.5) is 5.69 Å². The molecular formula is C19H25N3O4. The molecule has 0 spiro atoms. The van der Waals surface area contributed by atoms with Gasteiger partial charge in [0.05, 0.1) is 7.11 Å². The van der Waals surface area contributed by atoms with Crippen LogP contribution in [-0.2, 0) is 14.4 Å². The molecule has 26 heavy (non-hydrogen) atoms. The fourth-order valence-electron chi connectivity index (χ4n) is 3.61. The lowest BCUT2D eigenvalue weighted by atomic mass is 10.1. The number of benzene rings is 1. The van der Waals surface area contributed by atoms with Crippen LogP contribution in [0, 0.1) is 0 Å². The van der Waals surface area contributed by atoms with E-state index >= 15 is 0 Å². The maximum atomic E-state index is 12.9. The second kappa shape index (κ2) is 7.76. The van der Waals surface area contributed by atoms with Crippen molar-refractivity contribution in [2.75, 3.05) is 38.2 Å². The highest BCUT2D eigenvalue weighted by Crippen LogP contribution is 2.23. The van der Waals surface area contributed by atoms with Gasteiger partial charge in [-0.25, -0.2) is 0 Å². The van der Waals surface area contributed by atoms with Crippen LogP contribution in [0.15, 0.2) is 24.3 Å². The third-order valence-electron chi connectivity index (χ3n) is 5.08. The van der Waals surface area contributed by atoms with Crippen LogP contribution in [0.1, 0.15) is 26.2 Å². The van der Waals surface area contributed by atoms with Crippen molar-refractivity contribution in [1.29, 1.82) is 0 Å². The number of likely N-dealkylation sites (tertiary alicyclic amines) is 1. The number of imide groups is 1. The molecule has 1 atom stereocenters. The first kappa shape index (κ1) is 18.2. The maximum absolute atomic E-state index is 12.9. The van der Waals surface area contributed by atoms with Crippen molar-refractivity contribution < 1.29 is 19.1 Å². The SMILES string of the molecule is CCC(C(=O)N1CCN(c2cccc(OC)c2)CC1)N1C(=O)CCC1=O. The van der Waals surface area contributed by atoms with E-state index in [2.05, 4.69) is 4.90 Å². The predicted octanol–water partition coefficient (Wildman–Crippen LogP) is 1.27. The molecular weight excluding hydrogens is 334 g/mol. The van der Waals surface area contributed by atoms with E-state index < -0.39 is 6.04 Å². The standard InChI is InChI=1S/C19H25N3O4/c1-3-16(22-17(23)7-8-18(22)24)19(25)21-11-9-20(10-12-21)14-5-4-6-15(13-14)26-2/h4-6,13,16H,3,7-12H2,1-2H3. The molecule has 1 aromatic carbocycles. The molecule has 0 bridgehead atoms. The fourth-order valence-corrected chi connectivity index (χ4v) is 3.61. The summed E-state index contributed by atoms with van der Waals surface area (Å²) in [5, 5.41) is 0. The van der Waals surface area contributed by atoms with Gasteiger partial charge in [0, 0.05) is 50.8 Å². The molecule has 140 valence electrons. The van der Waals surface area contributed by atoms with E-state index in [1.807, 2.05) is 31.2 Å². The first-order valence-electron chi connectivity index (χ1n) is 9.07. The van der Waals surface area contributed by atoms with Crippen LogP contribution in [0.2, 0.25) is 0 Å². The molecule has 3 rings (SSSR count). The van der Waals surface area contributed by atoms with Crippen LogP contribution < -0.4 is 9.64 Å². The van der Waals surface area contributed by atoms with Gasteiger partial charge in [-0.05, 0) is 18.6 Å². The topological polar surface area (TPSA) is 70.2 Å². The van der Waals surface area contributed by atoms with Gasteiger partial charge in [0.2, 0.25) is 17.7 Å². The van der Waals surface area contributed by atoms with Crippen molar-refractivity contribution in [3.05, 3.63) is 24.3 Å². The van der Waals surface area contributed by atoms with Gasteiger partial charge >= 0.3 is 0 Å². The minimum atomic E-state index is -0.666. The molecule has 2 fully saturated rings. The molecule has 0 saturated carbocycles. The number of carbonyl (C=O) groups is 3. The zero-order valence-electron chi connectivity index (χ0n) is 15.3. The smallest absolute Gasteiger partial charge is 0.245 e. The largest absolute Gasteiger partial charge is 0.497 e. The number of rotatable bonds is 5. The molecule has 2 heterocycles. The lowest BCUT2D eigenvalue weighted by Gasteiger charge is -2.38. The average Bonchev–Trinajstić information content (AvgIpc) is 3.01. The van der Waals surface area contributed by atoms with Crippen LogP contribution in [0.25, 0.3) is 0 Å². The molecule has 1 unspecified atom stereocenters. The summed E-state index contributed by atoms with van der Waals surface area (Å²) >= 11 is 0. The Morgan fingerprint density at radius 2 is 1.77 bits per heavy atom. The number of carbonyl (C=O) groups excluding carboxylic acids is 3. The highest BCUT2D eigenvalue weighted by atomic mass is 16.5. The lowest BCUT2D eigenvalue weighted by molar-refractivity contribution is -0.151. The minimum absolute atomic E-state index is 0.124. The Kier molecular flexibility index (Phi) is 5.44. The monoisotopic (exact) mass is 359 g/mol. The summed E-state index contributed by atoms with van der Waals surface area (Å²) in [7, 11) is 1.64. The highest BCUT2D eigenvalue weighted by Gasteiger charge is 2.39. The molecule has 2 aliphatic heterocycles. The van der Waals surface area contributed by atoms with Gasteiger partial charge in [-0.2, -0.15) is 0 Å². The van der Waals surface area contributed by atoms with E-state index in [1.165, 1.54) is 4.90 Å². The third-order valence-corrected chi connectivity index (χ3v) is 5.08. The Morgan fingerprint density at radius 3 is 2.35 bits per heavy atom. The number of amides is 3. The molecule has 2 aliphatic rings. The highest BCUT2D eigenvalue weighted by molar-refractivity contribution is 6.05. The number of methoxy groups -OCH3 is 1. The summed E-state index contributed by atoms with van der Waals surface area (Å²) in [6.07, 6.45) is 0.880. The van der Waals surface area contributed by atoms with Gasteiger partial charge < -0.3 is 14.5 Å². The number of hydrogen-bond acceptors (Lipinski definition) is 5. The van der Waals surface area contributed by atoms with Crippen LogP contribution in [-0.4, -0.2) is 66.9 Å². The van der Waals surface area contributed by atoms with E-state index in [4.69, 9.17) is 4.74 Å². The summed E-state index contributed by atoms with van der Waals surface area (Å²) in [5.74, 6) is 0.218. The molecule has 1 aromatic rings. The number of ether oxygens (including phenoxy) is 1. The minimum Gasteiger partial charge on any atom is -0.497 e. The summed E-state index contributed by atoms with van der Waals surface area (Å²) in [5.41, 5.74) is 1.06. The first-order chi connectivity index (χ1) is 12.5. The van der Waals surface area contributed by atoms with Gasteiger partial charge in [-0.15, -0.1) is 0 Å². The quantitative estimate of drug-likeness (QED) is 0.741. The van der Waals surface area contributed by atoms with Gasteiger partial charge in [-0.3, -0.25) is 19.3 Å². The normalized spacial score (nSPS) is 19.1. The fraction of sp³-hybridized carbons (Fsp3) is 0.526. The Morgan fingerprint density at radius 1 is 1.12 bits per heavy atom. The van der Waals surface area contributed by atoms with Crippen molar-refractivity contribution in [2.45, 2.75) is 32.2 Å². The van der Waals surface area contributed by atoms with Crippen molar-refractivity contribution in [3.63, 3.8) is 0 Å². The lowest BCUT2D eigenvalue weighted by Crippen LogP contribution is -2.55. The first-order valence-corrected chi connectivity index (χ1v) is 9.07. The van der Waals surface area contributed by atoms with Crippen LogP contribution in [0.3, 0.4) is 0 Å². The summed E-state index contributed by atoms with van der Waals surface area (Å²) in [6, 6.07) is 7.19. The number of anilines is 1. The Balaban J connectivity index is 1.64. The molecule has 0 aliphatic carbocycles. The summed E-state index contributed by atoms with van der Waals surface area (Å²) in [4.78, 5) is 42.0. The third kappa shape index (κ3) is 3.52. The van der Waals surface area contributed by atoms with Gasteiger partial charge in [0.15, 0.2) is 0 Å². The zero-order chi connectivity index (χ0) is 18.7. The van der Waals surface area contributed by atoms with Gasteiger partial charge in [0.25, 0.3) is 0 Å². The molecule has 7 heteroatoms. The van der Waals surface area contributed by atoms with E-state index in [1.54, 1.807) is 12.0 Å². The van der Waals surface area contributed by atoms with Crippen LogP contribution >= 0.6 is 0 Å². The second-order valence-corrected chi connectivity index (χ2v) is 6.60. The molecule has 0 N–H and O–H groups in total. The molecule has 0 radical (unpaired) electrons. The maximum Gasteiger partial charge on any atom is 0.245 e.